The second-order valence-electron chi connectivity index (χ2n) is 16.8. The molecule has 6 atom stereocenters. The first kappa shape index (κ1) is 45.9. The smallest absolute Gasteiger partial charge is 0.341 e. The van der Waals surface area contributed by atoms with Crippen LogP contribution in [0.1, 0.15) is 53.7 Å². The molecule has 3 aromatic rings. The lowest BCUT2D eigenvalue weighted by Crippen LogP contribution is -2.41. The predicted octanol–water partition coefficient (Wildman–Crippen LogP) is 12.1. The highest BCUT2D eigenvalue weighted by atomic mass is 35.5. The largest absolute Gasteiger partial charge is 0.497 e. The Morgan fingerprint density at radius 2 is 1.12 bits per heavy atom. The third-order valence-corrected chi connectivity index (χ3v) is 14.3. The fourth-order valence-corrected chi connectivity index (χ4v) is 10.3. The number of carbonyl (C=O) groups is 1. The average Bonchev–Trinajstić information content (AvgIpc) is 3.61. The highest BCUT2D eigenvalue weighted by Gasteiger charge is 2.49. The van der Waals surface area contributed by atoms with Crippen molar-refractivity contribution in [2.24, 2.45) is 23.7 Å². The number of ether oxygens (including phenoxy) is 5. The summed E-state index contributed by atoms with van der Waals surface area (Å²) in [5.41, 5.74) is 2.25. The highest BCUT2D eigenvalue weighted by Crippen LogP contribution is 2.54. The molecule has 0 amide bonds. The minimum atomic E-state index is -1.66. The highest BCUT2D eigenvalue weighted by molar-refractivity contribution is 6.53. The first-order chi connectivity index (χ1) is 31.0. The lowest BCUT2D eigenvalue weighted by Gasteiger charge is -2.37. The molecule has 12 heteroatoms. The fraction of sp³-hybridized carbons (Fsp3) is 0.327. The van der Waals surface area contributed by atoms with Gasteiger partial charge in [-0.3, -0.25) is 0 Å². The van der Waals surface area contributed by atoms with E-state index in [1.165, 1.54) is 0 Å². The van der Waals surface area contributed by atoms with Crippen molar-refractivity contribution >= 4 is 63.5 Å². The van der Waals surface area contributed by atoms with Crippen LogP contribution in [0.15, 0.2) is 133 Å². The van der Waals surface area contributed by atoms with Crippen LogP contribution in [0.25, 0.3) is 11.1 Å². The number of fused-ring (bicyclic) bond motifs is 1. The van der Waals surface area contributed by atoms with Gasteiger partial charge in [-0.2, -0.15) is 0 Å². The van der Waals surface area contributed by atoms with Gasteiger partial charge in [0.25, 0.3) is 0 Å². The van der Waals surface area contributed by atoms with Gasteiger partial charge >= 0.3 is 5.97 Å². The Bertz CT molecular complexity index is 2360. The number of halogens is 4. The van der Waals surface area contributed by atoms with Crippen LogP contribution in [0.3, 0.4) is 0 Å². The Balaban J connectivity index is 1.39. The van der Waals surface area contributed by atoms with E-state index in [2.05, 4.69) is 48.8 Å². The Labute approximate surface area is 395 Å². The van der Waals surface area contributed by atoms with Gasteiger partial charge in [-0.1, -0.05) is 121 Å². The van der Waals surface area contributed by atoms with Crippen LogP contribution < -0.4 is 20.1 Å². The Kier molecular flexibility index (Phi) is 14.5. The van der Waals surface area contributed by atoms with Crippen molar-refractivity contribution in [1.82, 2.24) is 10.6 Å². The molecule has 2 N–H and O–H groups in total. The van der Waals surface area contributed by atoms with Crippen LogP contribution in [0.4, 0.5) is 0 Å². The number of benzene rings is 3. The number of hydrogen-bond donors (Lipinski definition) is 2. The monoisotopic (exact) mass is 940 g/mol. The Hall–Kier alpha value is -4.67. The lowest BCUT2D eigenvalue weighted by atomic mass is 9.74. The predicted molar refractivity (Wildman–Crippen MR) is 258 cm³/mol. The number of cyclic esters (lactones) is 1. The number of methoxy groups -OCH3 is 2. The molecule has 334 valence electrons. The molecule has 0 saturated carbocycles. The zero-order valence-corrected chi connectivity index (χ0v) is 39.2. The van der Waals surface area contributed by atoms with Crippen molar-refractivity contribution in [3.05, 3.63) is 175 Å². The molecular weight excluding hydrogens is 890 g/mol. The molecule has 0 aromatic heterocycles. The summed E-state index contributed by atoms with van der Waals surface area (Å²) >= 11 is 28.0. The van der Waals surface area contributed by atoms with Crippen LogP contribution in [0.2, 0.25) is 20.1 Å². The lowest BCUT2D eigenvalue weighted by molar-refractivity contribution is 0.0298. The molecule has 3 aromatic carbocycles. The zero-order chi connectivity index (χ0) is 45.0. The van der Waals surface area contributed by atoms with Gasteiger partial charge in [0.2, 0.25) is 0 Å². The average molecular weight is 943 g/mol. The molecule has 0 saturated heterocycles. The maximum Gasteiger partial charge on any atom is 0.341 e. The third kappa shape index (κ3) is 9.79. The molecule has 8 rings (SSSR count). The molecule has 6 unspecified atom stereocenters. The second-order valence-corrected chi connectivity index (χ2v) is 18.3. The van der Waals surface area contributed by atoms with E-state index in [0.717, 1.165) is 46.6 Å². The molecule has 0 spiro atoms. The molecule has 3 aliphatic heterocycles. The van der Waals surface area contributed by atoms with Gasteiger partial charge in [0.15, 0.2) is 5.60 Å². The van der Waals surface area contributed by atoms with Gasteiger partial charge < -0.3 is 34.3 Å². The maximum absolute atomic E-state index is 14.6. The minimum absolute atomic E-state index is 0.0232. The number of rotatable bonds is 14. The fourth-order valence-electron chi connectivity index (χ4n) is 9.22. The molecule has 0 radical (unpaired) electrons. The summed E-state index contributed by atoms with van der Waals surface area (Å²) in [6.07, 6.45) is 26.6. The maximum atomic E-state index is 14.6. The molecule has 5 aliphatic rings. The van der Waals surface area contributed by atoms with Crippen molar-refractivity contribution in [2.45, 2.75) is 44.4 Å². The number of carbonyl (C=O) groups excluding carboxylic acids is 1. The standard InChI is InChI=1S/C52H52Cl4N2O6/c1-31-11-21-39(43(25-31)57-29-37-9-5-7-23-62-37)41(33-13-17-35(60-3)18-14-33)27-52(46-45(51(59)64-52)47(53)49(55)50(56)48(46)54)28-42(34-15-19-36(61-4)20-16-34)40-22-12-32(2)26-44(40)58-30-38-10-6-8-24-63-38/h5-22,27-28,31-32,39-40,43-44,57-58H,23-26,29-30H2,1-4H3. The van der Waals surface area contributed by atoms with Crippen LogP contribution >= 0.6 is 46.4 Å². The number of hydrogen-bond acceptors (Lipinski definition) is 8. The zero-order valence-electron chi connectivity index (χ0n) is 36.2. The second kappa shape index (κ2) is 20.2. The number of nitrogens with one attached hydrogen (secondary N) is 2. The van der Waals surface area contributed by atoms with E-state index in [-0.39, 0.29) is 61.4 Å². The first-order valence-electron chi connectivity index (χ1n) is 21.6. The van der Waals surface area contributed by atoms with Crippen molar-refractivity contribution in [1.29, 1.82) is 0 Å². The molecule has 0 bridgehead atoms. The van der Waals surface area contributed by atoms with Gasteiger partial charge in [-0.15, -0.1) is 0 Å². The normalized spacial score (nSPS) is 26.4. The summed E-state index contributed by atoms with van der Waals surface area (Å²) < 4.78 is 30.0. The van der Waals surface area contributed by atoms with Crippen molar-refractivity contribution in [3.63, 3.8) is 0 Å². The van der Waals surface area contributed by atoms with Crippen molar-refractivity contribution in [2.75, 3.05) is 40.5 Å². The van der Waals surface area contributed by atoms with Crippen LogP contribution in [0.5, 0.6) is 11.5 Å². The van der Waals surface area contributed by atoms with E-state index in [1.807, 2.05) is 97.1 Å². The molecule has 64 heavy (non-hydrogen) atoms. The van der Waals surface area contributed by atoms with Gasteiger partial charge in [0, 0.05) is 29.5 Å². The number of allylic oxidation sites excluding steroid dienone is 6. The molecule has 8 nitrogen and oxygen atoms in total. The number of esters is 1. The van der Waals surface area contributed by atoms with Crippen LogP contribution in [-0.2, 0) is 19.8 Å². The Morgan fingerprint density at radius 3 is 1.55 bits per heavy atom. The van der Waals surface area contributed by atoms with E-state index in [4.69, 9.17) is 70.1 Å². The van der Waals surface area contributed by atoms with E-state index in [0.29, 0.717) is 43.4 Å². The van der Waals surface area contributed by atoms with E-state index < -0.39 is 11.6 Å². The topological polar surface area (TPSA) is 87.3 Å². The van der Waals surface area contributed by atoms with Crippen LogP contribution in [-0.4, -0.2) is 58.6 Å². The van der Waals surface area contributed by atoms with Gasteiger partial charge in [0.1, 0.15) is 36.2 Å². The summed E-state index contributed by atoms with van der Waals surface area (Å²) in [5.74, 6) is 2.58. The van der Waals surface area contributed by atoms with Crippen LogP contribution in [0, 0.1) is 23.7 Å². The quantitative estimate of drug-likeness (QED) is 0.0715. The molecule has 3 heterocycles. The van der Waals surface area contributed by atoms with E-state index in [9.17, 15) is 4.79 Å². The first-order valence-corrected chi connectivity index (χ1v) is 23.1. The summed E-state index contributed by atoms with van der Waals surface area (Å²) in [5, 5.41) is 7.69. The molecule has 0 fully saturated rings. The van der Waals surface area contributed by atoms with Gasteiger partial charge in [0.05, 0.1) is 53.0 Å². The van der Waals surface area contributed by atoms with E-state index in [1.54, 1.807) is 14.2 Å². The van der Waals surface area contributed by atoms with E-state index >= 15 is 0 Å². The summed E-state index contributed by atoms with van der Waals surface area (Å²) in [6, 6.07) is 15.7. The Morgan fingerprint density at radius 1 is 0.672 bits per heavy atom. The molecular formula is C52H52Cl4N2O6. The SMILES string of the molecule is COc1ccc(C(=CC2(C=C(c3ccc(OC)cc3)C3C=CC(C)CC3NCC3=CC=CCO3)OC(=O)c3c(Cl)c(Cl)c(Cl)c(Cl)c32)C2C=CC(C)CC2NCC2=CC=CCO2)cc1. The van der Waals surface area contributed by atoms with Crippen molar-refractivity contribution < 1.29 is 28.5 Å². The minimum Gasteiger partial charge on any atom is -0.497 e. The summed E-state index contributed by atoms with van der Waals surface area (Å²) in [6.45, 7) is 6.52. The van der Waals surface area contributed by atoms with Gasteiger partial charge in [-0.05, 0) is 108 Å². The van der Waals surface area contributed by atoms with Gasteiger partial charge in [-0.25, -0.2) is 4.79 Å². The summed E-state index contributed by atoms with van der Waals surface area (Å²) in [4.78, 5) is 14.6. The third-order valence-electron chi connectivity index (χ3n) is 12.5. The molecule has 2 aliphatic carbocycles. The van der Waals surface area contributed by atoms with Crippen molar-refractivity contribution in [3.8, 4) is 11.5 Å². The summed E-state index contributed by atoms with van der Waals surface area (Å²) in [7, 11) is 3.28.